The minimum atomic E-state index is -0.145. The maximum Gasteiger partial charge on any atom is 0.237 e. The average molecular weight is 276 g/mol. The number of aryl methyl sites for hydroxylation is 2. The summed E-state index contributed by atoms with van der Waals surface area (Å²) in [7, 11) is 1.69. The zero-order valence-electron chi connectivity index (χ0n) is 12.7. The number of hydrogen-bond donors (Lipinski definition) is 2. The third kappa shape index (κ3) is 3.38. The first-order valence-electron chi connectivity index (χ1n) is 7.15. The molecule has 1 heterocycles. The van der Waals surface area contributed by atoms with E-state index in [0.29, 0.717) is 0 Å². The van der Waals surface area contributed by atoms with Gasteiger partial charge in [-0.1, -0.05) is 23.8 Å². The van der Waals surface area contributed by atoms with Gasteiger partial charge in [-0.05, 0) is 38.3 Å². The molecular formula is C16H24N2O2. The number of ether oxygens (including phenoxy) is 1. The topological polar surface area (TPSA) is 50.4 Å². The highest BCUT2D eigenvalue weighted by Crippen LogP contribution is 2.19. The lowest BCUT2D eigenvalue weighted by Crippen LogP contribution is -2.41. The lowest BCUT2D eigenvalue weighted by molar-refractivity contribution is -0.123. The fourth-order valence-electron chi connectivity index (χ4n) is 2.79. The van der Waals surface area contributed by atoms with Crippen molar-refractivity contribution in [3.63, 3.8) is 0 Å². The fraction of sp³-hybridized carbons (Fsp3) is 0.562. The van der Waals surface area contributed by atoms with Crippen LogP contribution in [0.3, 0.4) is 0 Å². The number of carbonyl (C=O) groups excluding carboxylic acids is 1. The highest BCUT2D eigenvalue weighted by atomic mass is 16.5. The summed E-state index contributed by atoms with van der Waals surface area (Å²) < 4.78 is 5.27. The molecule has 0 aromatic heterocycles. The van der Waals surface area contributed by atoms with Gasteiger partial charge in [-0.15, -0.1) is 0 Å². The summed E-state index contributed by atoms with van der Waals surface area (Å²) in [4.78, 5) is 12.2. The van der Waals surface area contributed by atoms with Gasteiger partial charge in [-0.25, -0.2) is 0 Å². The average Bonchev–Trinajstić information content (AvgIpc) is 2.87. The molecule has 1 aliphatic heterocycles. The molecule has 20 heavy (non-hydrogen) atoms. The van der Waals surface area contributed by atoms with Crippen LogP contribution in [0.2, 0.25) is 0 Å². The highest BCUT2D eigenvalue weighted by Gasteiger charge is 2.30. The highest BCUT2D eigenvalue weighted by molar-refractivity contribution is 5.82. The van der Waals surface area contributed by atoms with Crippen LogP contribution < -0.4 is 10.6 Å². The second-order valence-corrected chi connectivity index (χ2v) is 5.64. The van der Waals surface area contributed by atoms with Gasteiger partial charge in [-0.2, -0.15) is 0 Å². The van der Waals surface area contributed by atoms with Crippen molar-refractivity contribution in [2.45, 2.75) is 45.4 Å². The number of rotatable bonds is 4. The molecule has 1 fully saturated rings. The largest absolute Gasteiger partial charge is 0.380 e. The molecule has 0 bridgehead atoms. The van der Waals surface area contributed by atoms with E-state index < -0.39 is 0 Å². The molecule has 110 valence electrons. The Morgan fingerprint density at radius 2 is 2.20 bits per heavy atom. The second kappa shape index (κ2) is 6.37. The fourth-order valence-corrected chi connectivity index (χ4v) is 2.79. The maximum atomic E-state index is 12.2. The van der Waals surface area contributed by atoms with Crippen LogP contribution in [0.5, 0.6) is 0 Å². The van der Waals surface area contributed by atoms with Crippen molar-refractivity contribution >= 4 is 5.91 Å². The molecule has 2 N–H and O–H groups in total. The van der Waals surface area contributed by atoms with Gasteiger partial charge in [0.1, 0.15) is 0 Å². The summed E-state index contributed by atoms with van der Waals surface area (Å²) in [6.45, 7) is 6.93. The molecule has 0 spiro atoms. The normalized spacial score (nSPS) is 23.6. The lowest BCUT2D eigenvalue weighted by Gasteiger charge is -2.19. The van der Waals surface area contributed by atoms with E-state index in [2.05, 4.69) is 42.7 Å². The molecule has 1 aromatic rings. The van der Waals surface area contributed by atoms with Gasteiger partial charge < -0.3 is 15.4 Å². The molecule has 3 unspecified atom stereocenters. The Bertz CT molecular complexity index is 487. The molecule has 1 amide bonds. The SMILES string of the molecule is COC1CNC(C(=O)NC(C)c2ccc(C)cc2C)C1. The number of carbonyl (C=O) groups is 1. The molecule has 2 rings (SSSR count). The Balaban J connectivity index is 1.97. The number of methoxy groups -OCH3 is 1. The van der Waals surface area contributed by atoms with Crippen molar-refractivity contribution in [2.24, 2.45) is 0 Å². The van der Waals surface area contributed by atoms with Crippen LogP contribution in [0.1, 0.15) is 36.1 Å². The Labute approximate surface area is 120 Å². The summed E-state index contributed by atoms with van der Waals surface area (Å²) in [6.07, 6.45) is 0.879. The molecular weight excluding hydrogens is 252 g/mol. The third-order valence-electron chi connectivity index (χ3n) is 3.99. The molecule has 0 saturated carbocycles. The summed E-state index contributed by atoms with van der Waals surface area (Å²) in [5.74, 6) is 0.0528. The van der Waals surface area contributed by atoms with Crippen molar-refractivity contribution in [1.82, 2.24) is 10.6 Å². The molecule has 0 radical (unpaired) electrons. The van der Waals surface area contributed by atoms with E-state index in [0.717, 1.165) is 13.0 Å². The van der Waals surface area contributed by atoms with Gasteiger partial charge >= 0.3 is 0 Å². The molecule has 0 aliphatic carbocycles. The second-order valence-electron chi connectivity index (χ2n) is 5.64. The van der Waals surface area contributed by atoms with Crippen LogP contribution in [0.25, 0.3) is 0 Å². The van der Waals surface area contributed by atoms with E-state index in [-0.39, 0.29) is 24.1 Å². The minimum Gasteiger partial charge on any atom is -0.380 e. The van der Waals surface area contributed by atoms with Crippen LogP contribution >= 0.6 is 0 Å². The van der Waals surface area contributed by atoms with Crippen molar-refractivity contribution in [3.8, 4) is 0 Å². The Kier molecular flexibility index (Phi) is 4.78. The predicted molar refractivity (Wildman–Crippen MR) is 79.7 cm³/mol. The van der Waals surface area contributed by atoms with Crippen LogP contribution in [-0.4, -0.2) is 31.7 Å². The van der Waals surface area contributed by atoms with Gasteiger partial charge in [0.05, 0.1) is 18.2 Å². The zero-order valence-corrected chi connectivity index (χ0v) is 12.7. The van der Waals surface area contributed by atoms with E-state index in [1.807, 2.05) is 6.92 Å². The zero-order chi connectivity index (χ0) is 14.7. The third-order valence-corrected chi connectivity index (χ3v) is 3.99. The first-order valence-corrected chi connectivity index (χ1v) is 7.15. The van der Waals surface area contributed by atoms with Crippen LogP contribution in [0.15, 0.2) is 18.2 Å². The van der Waals surface area contributed by atoms with Crippen molar-refractivity contribution in [2.75, 3.05) is 13.7 Å². The van der Waals surface area contributed by atoms with Crippen LogP contribution in [-0.2, 0) is 9.53 Å². The smallest absolute Gasteiger partial charge is 0.237 e. The molecule has 1 aliphatic rings. The minimum absolute atomic E-state index is 0.0199. The Morgan fingerprint density at radius 3 is 2.80 bits per heavy atom. The predicted octanol–water partition coefficient (Wildman–Crippen LogP) is 1.86. The summed E-state index contributed by atoms with van der Waals surface area (Å²) in [6, 6.07) is 6.20. The number of hydrogen-bond acceptors (Lipinski definition) is 3. The first kappa shape index (κ1) is 15.0. The molecule has 4 heteroatoms. The number of amides is 1. The van der Waals surface area contributed by atoms with Crippen molar-refractivity contribution in [1.29, 1.82) is 0 Å². The van der Waals surface area contributed by atoms with Gasteiger partial charge in [0.25, 0.3) is 0 Å². The standard InChI is InChI=1S/C16H24N2O2/c1-10-5-6-14(11(2)7-10)12(3)18-16(19)15-8-13(20-4)9-17-15/h5-7,12-13,15,17H,8-9H2,1-4H3,(H,18,19). The van der Waals surface area contributed by atoms with E-state index >= 15 is 0 Å². The van der Waals surface area contributed by atoms with Crippen LogP contribution in [0, 0.1) is 13.8 Å². The molecule has 1 saturated heterocycles. The van der Waals surface area contributed by atoms with E-state index in [1.165, 1.54) is 16.7 Å². The van der Waals surface area contributed by atoms with E-state index in [4.69, 9.17) is 4.74 Å². The van der Waals surface area contributed by atoms with Crippen molar-refractivity contribution in [3.05, 3.63) is 34.9 Å². The molecule has 4 nitrogen and oxygen atoms in total. The van der Waals surface area contributed by atoms with E-state index in [1.54, 1.807) is 7.11 Å². The Morgan fingerprint density at radius 1 is 1.45 bits per heavy atom. The molecule has 1 aromatic carbocycles. The number of benzene rings is 1. The van der Waals surface area contributed by atoms with Gasteiger partial charge in [0.2, 0.25) is 5.91 Å². The van der Waals surface area contributed by atoms with Gasteiger partial charge in [0.15, 0.2) is 0 Å². The molecule has 3 atom stereocenters. The summed E-state index contributed by atoms with van der Waals surface area (Å²) >= 11 is 0. The van der Waals surface area contributed by atoms with Gasteiger partial charge in [0, 0.05) is 13.7 Å². The lowest BCUT2D eigenvalue weighted by atomic mass is 10.00. The Hall–Kier alpha value is -1.39. The van der Waals surface area contributed by atoms with Crippen molar-refractivity contribution < 1.29 is 9.53 Å². The monoisotopic (exact) mass is 276 g/mol. The number of nitrogens with one attached hydrogen (secondary N) is 2. The summed E-state index contributed by atoms with van der Waals surface area (Å²) in [5.41, 5.74) is 3.63. The summed E-state index contributed by atoms with van der Waals surface area (Å²) in [5, 5.41) is 6.29. The van der Waals surface area contributed by atoms with Gasteiger partial charge in [-0.3, -0.25) is 4.79 Å². The van der Waals surface area contributed by atoms with Crippen LogP contribution in [0.4, 0.5) is 0 Å². The maximum absolute atomic E-state index is 12.2. The quantitative estimate of drug-likeness (QED) is 0.882. The van der Waals surface area contributed by atoms with E-state index in [9.17, 15) is 4.79 Å². The first-order chi connectivity index (χ1) is 9.51.